The summed E-state index contributed by atoms with van der Waals surface area (Å²) < 4.78 is 5.26. The topological polar surface area (TPSA) is 90.1 Å². The fraction of sp³-hybridized carbons (Fsp3) is 0.545. The van der Waals surface area contributed by atoms with Crippen LogP contribution in [0.25, 0.3) is 0 Å². The fourth-order valence-corrected chi connectivity index (χ4v) is 2.02. The average Bonchev–Trinajstić information content (AvgIpc) is 2.42. The van der Waals surface area contributed by atoms with E-state index < -0.39 is 5.41 Å². The number of anilines is 1. The summed E-state index contributed by atoms with van der Waals surface area (Å²) in [4.78, 5) is 12.3. The minimum absolute atomic E-state index is 0.134. The zero-order valence-corrected chi connectivity index (χ0v) is 10.6. The number of hydrogen-bond acceptors (Lipinski definition) is 5. The Morgan fingerprint density at radius 3 is 2.72 bits per heavy atom. The van der Waals surface area contributed by atoms with Crippen LogP contribution in [0.2, 0.25) is 5.15 Å². The molecule has 2 rings (SSSR count). The smallest absolute Gasteiger partial charge is 0.233 e. The molecule has 1 aliphatic rings. The Morgan fingerprint density at radius 2 is 2.17 bits per heavy atom. The van der Waals surface area contributed by atoms with Crippen LogP contribution in [0.5, 0.6) is 0 Å². The lowest BCUT2D eigenvalue weighted by Gasteiger charge is -2.34. The molecule has 0 unspecified atom stereocenters. The first-order valence-electron chi connectivity index (χ1n) is 5.75. The maximum Gasteiger partial charge on any atom is 0.233 e. The van der Waals surface area contributed by atoms with Crippen molar-refractivity contribution in [1.29, 1.82) is 0 Å². The van der Waals surface area contributed by atoms with Gasteiger partial charge in [-0.15, -0.1) is 10.2 Å². The number of carbonyl (C=O) groups is 1. The molecule has 0 spiro atoms. The minimum Gasteiger partial charge on any atom is -0.381 e. The van der Waals surface area contributed by atoms with Gasteiger partial charge in [-0.05, 0) is 25.0 Å². The highest BCUT2D eigenvalue weighted by Gasteiger charge is 2.38. The van der Waals surface area contributed by atoms with Gasteiger partial charge in [0.05, 0.1) is 5.41 Å². The van der Waals surface area contributed by atoms with Crippen LogP contribution in [0.3, 0.4) is 0 Å². The van der Waals surface area contributed by atoms with E-state index >= 15 is 0 Å². The van der Waals surface area contributed by atoms with E-state index in [0.717, 1.165) is 0 Å². The van der Waals surface area contributed by atoms with Gasteiger partial charge in [-0.25, -0.2) is 0 Å². The van der Waals surface area contributed by atoms with Crippen molar-refractivity contribution in [3.05, 3.63) is 17.3 Å². The highest BCUT2D eigenvalue weighted by molar-refractivity contribution is 6.29. The maximum absolute atomic E-state index is 12.3. The molecule has 6 nitrogen and oxygen atoms in total. The molecular weight excluding hydrogens is 256 g/mol. The number of nitrogens with two attached hydrogens (primary N) is 1. The lowest BCUT2D eigenvalue weighted by atomic mass is 9.79. The number of rotatable bonds is 3. The van der Waals surface area contributed by atoms with E-state index in [1.807, 2.05) is 0 Å². The number of halogens is 1. The first-order chi connectivity index (χ1) is 8.66. The van der Waals surface area contributed by atoms with Crippen molar-refractivity contribution in [2.45, 2.75) is 12.8 Å². The molecule has 0 aliphatic carbocycles. The van der Waals surface area contributed by atoms with Gasteiger partial charge in [0.25, 0.3) is 0 Å². The van der Waals surface area contributed by atoms with Crippen LogP contribution in [-0.4, -0.2) is 35.9 Å². The van der Waals surface area contributed by atoms with Gasteiger partial charge in [0.15, 0.2) is 11.0 Å². The molecular formula is C11H15ClN4O2. The fourth-order valence-electron chi connectivity index (χ4n) is 1.92. The molecule has 1 saturated heterocycles. The van der Waals surface area contributed by atoms with Gasteiger partial charge in [-0.3, -0.25) is 4.79 Å². The molecule has 1 amide bonds. The number of amides is 1. The molecule has 1 aromatic heterocycles. The summed E-state index contributed by atoms with van der Waals surface area (Å²) in [5.41, 5.74) is 5.17. The minimum atomic E-state index is -0.570. The third kappa shape index (κ3) is 2.77. The van der Waals surface area contributed by atoms with E-state index in [2.05, 4.69) is 15.5 Å². The van der Waals surface area contributed by atoms with Crippen LogP contribution >= 0.6 is 11.6 Å². The summed E-state index contributed by atoms with van der Waals surface area (Å²) in [7, 11) is 0. The Kier molecular flexibility index (Phi) is 4.11. The van der Waals surface area contributed by atoms with Gasteiger partial charge in [0.2, 0.25) is 5.91 Å². The highest BCUT2D eigenvalue weighted by atomic mass is 35.5. The van der Waals surface area contributed by atoms with E-state index in [-0.39, 0.29) is 11.1 Å². The zero-order chi connectivity index (χ0) is 13.0. The second-order valence-electron chi connectivity index (χ2n) is 4.29. The van der Waals surface area contributed by atoms with Gasteiger partial charge in [0.1, 0.15) is 0 Å². The van der Waals surface area contributed by atoms with E-state index in [1.54, 1.807) is 12.1 Å². The quantitative estimate of drug-likeness (QED) is 0.849. The third-order valence-electron chi connectivity index (χ3n) is 3.20. The van der Waals surface area contributed by atoms with Crippen molar-refractivity contribution in [2.75, 3.05) is 25.1 Å². The lowest BCUT2D eigenvalue weighted by Crippen LogP contribution is -2.46. The van der Waals surface area contributed by atoms with Crippen LogP contribution in [0.4, 0.5) is 5.82 Å². The van der Waals surface area contributed by atoms with Crippen molar-refractivity contribution < 1.29 is 9.53 Å². The van der Waals surface area contributed by atoms with Crippen LogP contribution in [-0.2, 0) is 9.53 Å². The number of nitrogens with zero attached hydrogens (tertiary/aromatic N) is 2. The zero-order valence-electron chi connectivity index (χ0n) is 9.86. The summed E-state index contributed by atoms with van der Waals surface area (Å²) in [6.07, 6.45) is 1.24. The number of carbonyl (C=O) groups excluding carboxylic acids is 1. The predicted octanol–water partition coefficient (Wildman–Crippen LogP) is 0.824. The monoisotopic (exact) mass is 270 g/mol. The summed E-state index contributed by atoms with van der Waals surface area (Å²) in [5.74, 6) is 0.244. The van der Waals surface area contributed by atoms with Gasteiger partial charge in [-0.1, -0.05) is 11.6 Å². The van der Waals surface area contributed by atoms with Crippen molar-refractivity contribution in [3.8, 4) is 0 Å². The van der Waals surface area contributed by atoms with Crippen molar-refractivity contribution in [1.82, 2.24) is 10.2 Å². The Hall–Kier alpha value is -1.24. The van der Waals surface area contributed by atoms with E-state index in [9.17, 15) is 4.79 Å². The molecule has 1 fully saturated rings. The first kappa shape index (κ1) is 13.2. The average molecular weight is 271 g/mol. The maximum atomic E-state index is 12.3. The molecule has 3 N–H and O–H groups in total. The van der Waals surface area contributed by atoms with E-state index in [4.69, 9.17) is 22.1 Å². The number of hydrogen-bond donors (Lipinski definition) is 2. The van der Waals surface area contributed by atoms with Crippen molar-refractivity contribution >= 4 is 23.3 Å². The normalized spacial score (nSPS) is 18.3. The predicted molar refractivity (Wildman–Crippen MR) is 67.2 cm³/mol. The number of ether oxygens (including phenoxy) is 1. The molecule has 1 aliphatic heterocycles. The Morgan fingerprint density at radius 1 is 1.44 bits per heavy atom. The molecule has 98 valence electrons. The van der Waals surface area contributed by atoms with E-state index in [0.29, 0.717) is 38.4 Å². The van der Waals surface area contributed by atoms with Gasteiger partial charge in [0, 0.05) is 19.8 Å². The second kappa shape index (κ2) is 5.60. The Bertz CT molecular complexity index is 418. The van der Waals surface area contributed by atoms with Gasteiger partial charge in [-0.2, -0.15) is 0 Å². The molecule has 0 radical (unpaired) electrons. The van der Waals surface area contributed by atoms with E-state index in [1.165, 1.54) is 0 Å². The molecule has 0 atom stereocenters. The number of aromatic nitrogens is 2. The van der Waals surface area contributed by atoms with Gasteiger partial charge < -0.3 is 15.8 Å². The molecule has 2 heterocycles. The van der Waals surface area contributed by atoms with Crippen LogP contribution in [0, 0.1) is 5.41 Å². The third-order valence-corrected chi connectivity index (χ3v) is 3.40. The highest BCUT2D eigenvalue weighted by Crippen LogP contribution is 2.30. The summed E-state index contributed by atoms with van der Waals surface area (Å²) in [5, 5.41) is 10.5. The molecule has 7 heteroatoms. The lowest BCUT2D eigenvalue weighted by molar-refractivity contribution is -0.130. The second-order valence-corrected chi connectivity index (χ2v) is 4.68. The first-order valence-corrected chi connectivity index (χ1v) is 6.13. The van der Waals surface area contributed by atoms with Crippen LogP contribution in [0.15, 0.2) is 12.1 Å². The molecule has 0 aromatic carbocycles. The molecule has 0 bridgehead atoms. The van der Waals surface area contributed by atoms with Crippen molar-refractivity contribution in [2.24, 2.45) is 11.1 Å². The molecule has 18 heavy (non-hydrogen) atoms. The SMILES string of the molecule is NCC1(C(=O)Nc2ccc(Cl)nn2)CCOCC1. The number of nitrogens with one attached hydrogen (secondary N) is 1. The largest absolute Gasteiger partial charge is 0.381 e. The summed E-state index contributed by atoms with van der Waals surface area (Å²) in [6.45, 7) is 1.40. The summed E-state index contributed by atoms with van der Waals surface area (Å²) >= 11 is 5.63. The standard InChI is InChI=1S/C11H15ClN4O2/c12-8-1-2-9(16-15-8)14-10(17)11(7-13)3-5-18-6-4-11/h1-2H,3-7,13H2,(H,14,16,17). The molecule has 1 aromatic rings. The molecule has 0 saturated carbocycles. The Labute approximate surface area is 110 Å². The van der Waals surface area contributed by atoms with Crippen LogP contribution < -0.4 is 11.1 Å². The Balaban J connectivity index is 2.07. The van der Waals surface area contributed by atoms with Crippen molar-refractivity contribution in [3.63, 3.8) is 0 Å². The summed E-state index contributed by atoms with van der Waals surface area (Å²) in [6, 6.07) is 3.18. The van der Waals surface area contributed by atoms with Gasteiger partial charge >= 0.3 is 0 Å². The van der Waals surface area contributed by atoms with Crippen LogP contribution in [0.1, 0.15) is 12.8 Å².